The predicted octanol–water partition coefficient (Wildman–Crippen LogP) is 3.90. The standard InChI is InChI=1S/C27H28FN5O5S/c1-13(2)27(3,25-29-17-7-5-14(38-4)11-20(17)39-25)32-26(37)30-18-8-6-15-16(22(18)28)12-33(24(15)36)19-9-10-21(34)31-23(19)35/h5-8,11,13,19H,9-10,12H2,1-4H3,(H2,30,32,37)(H,31,34,35)/t19?,27-/m1/s1. The molecule has 3 N–H and O–H groups in total. The highest BCUT2D eigenvalue weighted by atomic mass is 32.1. The summed E-state index contributed by atoms with van der Waals surface area (Å²) < 4.78 is 21.7. The normalized spacial score (nSPS) is 18.7. The number of benzene rings is 2. The summed E-state index contributed by atoms with van der Waals surface area (Å²) >= 11 is 1.44. The Labute approximate surface area is 227 Å². The molecule has 1 unspecified atom stereocenters. The maximum Gasteiger partial charge on any atom is 0.320 e. The van der Waals surface area contributed by atoms with Gasteiger partial charge in [0.2, 0.25) is 11.8 Å². The number of nitrogens with zero attached hydrogens (tertiary/aromatic N) is 2. The molecule has 0 saturated carbocycles. The van der Waals surface area contributed by atoms with Crippen LogP contribution in [-0.2, 0) is 21.7 Å². The lowest BCUT2D eigenvalue weighted by molar-refractivity contribution is -0.136. The minimum absolute atomic E-state index is 0.0599. The van der Waals surface area contributed by atoms with Crippen LogP contribution in [0.1, 0.15) is 54.5 Å². The van der Waals surface area contributed by atoms with Crippen LogP contribution in [0.25, 0.3) is 10.2 Å². The summed E-state index contributed by atoms with van der Waals surface area (Å²) in [4.78, 5) is 55.8. The largest absolute Gasteiger partial charge is 0.497 e. The van der Waals surface area contributed by atoms with Crippen molar-refractivity contribution < 1.29 is 28.3 Å². The van der Waals surface area contributed by atoms with E-state index in [1.165, 1.54) is 28.4 Å². The summed E-state index contributed by atoms with van der Waals surface area (Å²) in [6.07, 6.45) is 0.272. The van der Waals surface area contributed by atoms with E-state index < -0.39 is 41.2 Å². The molecule has 10 nitrogen and oxygen atoms in total. The van der Waals surface area contributed by atoms with Crippen LogP contribution in [-0.4, -0.2) is 46.8 Å². The number of rotatable bonds is 6. The van der Waals surface area contributed by atoms with Gasteiger partial charge in [0.25, 0.3) is 5.91 Å². The highest BCUT2D eigenvalue weighted by Gasteiger charge is 2.41. The first-order valence-electron chi connectivity index (χ1n) is 12.5. The van der Waals surface area contributed by atoms with E-state index in [0.29, 0.717) is 10.8 Å². The molecule has 3 heterocycles. The molecule has 39 heavy (non-hydrogen) atoms. The molecule has 12 heteroatoms. The van der Waals surface area contributed by atoms with Crippen molar-refractivity contribution in [3.05, 3.63) is 52.3 Å². The first-order chi connectivity index (χ1) is 18.5. The molecule has 5 rings (SSSR count). The number of urea groups is 1. The third-order valence-electron chi connectivity index (χ3n) is 7.47. The van der Waals surface area contributed by atoms with E-state index in [1.54, 1.807) is 7.11 Å². The number of thiazole rings is 1. The van der Waals surface area contributed by atoms with Crippen LogP contribution in [0.5, 0.6) is 5.75 Å². The number of fused-ring (bicyclic) bond motifs is 2. The molecular weight excluding hydrogens is 525 g/mol. The SMILES string of the molecule is COc1ccc2nc([C@](C)(NC(=O)Nc3ccc4c(c3F)CN(C3CCC(=O)NC3=O)C4=O)C(C)C)sc2c1. The Morgan fingerprint density at radius 2 is 2.03 bits per heavy atom. The van der Waals surface area contributed by atoms with Crippen molar-refractivity contribution >= 4 is 51.0 Å². The van der Waals surface area contributed by atoms with E-state index in [1.807, 2.05) is 39.0 Å². The summed E-state index contributed by atoms with van der Waals surface area (Å²) in [6.45, 7) is 5.64. The van der Waals surface area contributed by atoms with Gasteiger partial charge in [0.05, 0.1) is 35.1 Å². The number of aromatic nitrogens is 1. The molecule has 1 saturated heterocycles. The number of hydrogen-bond acceptors (Lipinski definition) is 7. The first kappa shape index (κ1) is 26.5. The Kier molecular flexibility index (Phi) is 6.75. The number of piperidine rings is 1. The van der Waals surface area contributed by atoms with E-state index in [2.05, 4.69) is 16.0 Å². The molecule has 5 amide bonds. The van der Waals surface area contributed by atoms with Gasteiger partial charge < -0.3 is 20.3 Å². The Morgan fingerprint density at radius 3 is 2.72 bits per heavy atom. The number of imide groups is 1. The average molecular weight is 554 g/mol. The molecule has 1 aromatic heterocycles. The average Bonchev–Trinajstić information content (AvgIpc) is 3.47. The number of anilines is 1. The topological polar surface area (TPSA) is 130 Å². The van der Waals surface area contributed by atoms with E-state index in [-0.39, 0.29) is 42.1 Å². The monoisotopic (exact) mass is 553 g/mol. The van der Waals surface area contributed by atoms with Gasteiger partial charge in [-0.1, -0.05) is 13.8 Å². The van der Waals surface area contributed by atoms with Crippen LogP contribution >= 0.6 is 11.3 Å². The Morgan fingerprint density at radius 1 is 1.26 bits per heavy atom. The maximum atomic E-state index is 15.5. The molecule has 0 aliphatic carbocycles. The molecule has 2 aliphatic rings. The van der Waals surface area contributed by atoms with Crippen LogP contribution < -0.4 is 20.7 Å². The molecule has 3 aromatic rings. The number of carbonyl (C=O) groups excluding carboxylic acids is 4. The number of halogens is 1. The minimum Gasteiger partial charge on any atom is -0.497 e. The number of hydrogen-bond donors (Lipinski definition) is 3. The van der Waals surface area contributed by atoms with Crippen molar-refractivity contribution in [3.8, 4) is 5.75 Å². The number of methoxy groups -OCH3 is 1. The third-order valence-corrected chi connectivity index (χ3v) is 8.72. The zero-order valence-corrected chi connectivity index (χ0v) is 22.7. The number of nitrogens with one attached hydrogen (secondary N) is 3. The Bertz CT molecular complexity index is 1520. The van der Waals surface area contributed by atoms with Crippen molar-refractivity contribution in [1.29, 1.82) is 0 Å². The van der Waals surface area contributed by atoms with Gasteiger partial charge >= 0.3 is 6.03 Å². The summed E-state index contributed by atoms with van der Waals surface area (Å²) in [7, 11) is 1.59. The lowest BCUT2D eigenvalue weighted by Crippen LogP contribution is -2.52. The highest BCUT2D eigenvalue weighted by molar-refractivity contribution is 7.18. The minimum atomic E-state index is -0.868. The maximum absolute atomic E-state index is 15.5. The number of ether oxygens (including phenoxy) is 1. The molecule has 0 bridgehead atoms. The van der Waals surface area contributed by atoms with Crippen molar-refractivity contribution in [2.75, 3.05) is 12.4 Å². The quantitative estimate of drug-likeness (QED) is 0.397. The molecule has 204 valence electrons. The van der Waals surface area contributed by atoms with Crippen molar-refractivity contribution in [2.45, 2.75) is 51.7 Å². The molecule has 0 spiro atoms. The summed E-state index contributed by atoms with van der Waals surface area (Å²) in [5.74, 6) is -1.57. The van der Waals surface area contributed by atoms with Crippen LogP contribution in [0.4, 0.5) is 14.9 Å². The van der Waals surface area contributed by atoms with Crippen LogP contribution in [0, 0.1) is 11.7 Å². The van der Waals surface area contributed by atoms with Gasteiger partial charge in [-0.05, 0) is 49.6 Å². The van der Waals surface area contributed by atoms with Gasteiger partial charge in [-0.15, -0.1) is 11.3 Å². The predicted molar refractivity (Wildman–Crippen MR) is 143 cm³/mol. The van der Waals surface area contributed by atoms with Gasteiger partial charge in [-0.25, -0.2) is 14.2 Å². The smallest absolute Gasteiger partial charge is 0.320 e. The van der Waals surface area contributed by atoms with E-state index in [0.717, 1.165) is 10.2 Å². The van der Waals surface area contributed by atoms with Crippen LogP contribution in [0.2, 0.25) is 0 Å². The van der Waals surface area contributed by atoms with Gasteiger partial charge in [0.15, 0.2) is 5.82 Å². The lowest BCUT2D eigenvalue weighted by Gasteiger charge is -2.32. The second kappa shape index (κ2) is 9.92. The molecule has 2 aliphatic heterocycles. The van der Waals surface area contributed by atoms with Crippen LogP contribution in [0.15, 0.2) is 30.3 Å². The van der Waals surface area contributed by atoms with Gasteiger partial charge in [-0.3, -0.25) is 19.7 Å². The van der Waals surface area contributed by atoms with Crippen molar-refractivity contribution in [3.63, 3.8) is 0 Å². The summed E-state index contributed by atoms with van der Waals surface area (Å²) in [6, 6.07) is 6.84. The molecule has 2 atom stereocenters. The van der Waals surface area contributed by atoms with E-state index in [4.69, 9.17) is 9.72 Å². The van der Waals surface area contributed by atoms with Crippen LogP contribution in [0.3, 0.4) is 0 Å². The zero-order valence-electron chi connectivity index (χ0n) is 21.9. The molecule has 1 fully saturated rings. The van der Waals surface area contributed by atoms with Crippen molar-refractivity contribution in [1.82, 2.24) is 20.5 Å². The van der Waals surface area contributed by atoms with E-state index in [9.17, 15) is 19.2 Å². The van der Waals surface area contributed by atoms with Gasteiger partial charge in [0, 0.05) is 17.5 Å². The fraction of sp³-hybridized carbons (Fsp3) is 0.370. The number of carbonyl (C=O) groups is 4. The second-order valence-electron chi connectivity index (χ2n) is 10.1. The second-order valence-corrected chi connectivity index (χ2v) is 11.2. The van der Waals surface area contributed by atoms with Crippen molar-refractivity contribution in [2.24, 2.45) is 5.92 Å². The molecular formula is C27H28FN5O5S. The third kappa shape index (κ3) is 4.69. The fourth-order valence-electron chi connectivity index (χ4n) is 4.79. The molecule has 0 radical (unpaired) electrons. The lowest BCUT2D eigenvalue weighted by atomic mass is 9.89. The number of amides is 5. The molecule has 2 aromatic carbocycles. The van der Waals surface area contributed by atoms with Gasteiger partial charge in [0.1, 0.15) is 16.8 Å². The Balaban J connectivity index is 1.35. The Hall–Kier alpha value is -4.06. The zero-order chi connectivity index (χ0) is 28.1. The summed E-state index contributed by atoms with van der Waals surface area (Å²) in [5.41, 5.74) is 0.0330. The first-order valence-corrected chi connectivity index (χ1v) is 13.3. The highest BCUT2D eigenvalue weighted by Crippen LogP contribution is 2.37. The van der Waals surface area contributed by atoms with E-state index >= 15 is 4.39 Å². The summed E-state index contributed by atoms with van der Waals surface area (Å²) in [5, 5.41) is 8.45. The fourth-order valence-corrected chi connectivity index (χ4v) is 6.03. The van der Waals surface area contributed by atoms with Gasteiger partial charge in [-0.2, -0.15) is 0 Å².